The first-order valence-corrected chi connectivity index (χ1v) is 7.49. The van der Waals surface area contributed by atoms with Crippen LogP contribution in [0.15, 0.2) is 41.1 Å². The number of hydrogen-bond donors (Lipinski definition) is 1. The lowest BCUT2D eigenvalue weighted by atomic mass is 10.1. The number of nitrogens with one attached hydrogen (secondary N) is 1. The summed E-state index contributed by atoms with van der Waals surface area (Å²) in [5.74, 6) is -0.0566. The van der Waals surface area contributed by atoms with Gasteiger partial charge in [-0.3, -0.25) is 9.78 Å². The molecule has 1 N–H and O–H groups in total. The maximum atomic E-state index is 12.0. The third-order valence-corrected chi connectivity index (χ3v) is 3.63. The molecule has 0 atom stereocenters. The Balaban J connectivity index is 2.16. The molecule has 110 valence electrons. The SMILES string of the molecule is CN(C)C(=O)c1ccc(Cl)c(NCc2cncc(Br)c2)c1. The summed E-state index contributed by atoms with van der Waals surface area (Å²) in [4.78, 5) is 17.6. The van der Waals surface area contributed by atoms with Crippen molar-refractivity contribution in [3.8, 4) is 0 Å². The Labute approximate surface area is 137 Å². The minimum atomic E-state index is -0.0566. The zero-order valence-electron chi connectivity index (χ0n) is 11.7. The summed E-state index contributed by atoms with van der Waals surface area (Å²) < 4.78 is 0.921. The zero-order valence-corrected chi connectivity index (χ0v) is 14.1. The topological polar surface area (TPSA) is 45.2 Å². The molecule has 21 heavy (non-hydrogen) atoms. The number of carbonyl (C=O) groups excluding carboxylic acids is 1. The highest BCUT2D eigenvalue weighted by Gasteiger charge is 2.10. The maximum Gasteiger partial charge on any atom is 0.253 e. The fourth-order valence-corrected chi connectivity index (χ4v) is 2.40. The van der Waals surface area contributed by atoms with Gasteiger partial charge in [-0.15, -0.1) is 0 Å². The van der Waals surface area contributed by atoms with E-state index in [2.05, 4.69) is 26.2 Å². The van der Waals surface area contributed by atoms with Crippen LogP contribution in [0, 0.1) is 0 Å². The summed E-state index contributed by atoms with van der Waals surface area (Å²) >= 11 is 9.55. The second-order valence-corrected chi connectivity index (χ2v) is 6.08. The first-order chi connectivity index (χ1) is 9.97. The van der Waals surface area contributed by atoms with Crippen molar-refractivity contribution in [3.63, 3.8) is 0 Å². The molecular formula is C15H15BrClN3O. The van der Waals surface area contributed by atoms with Crippen molar-refractivity contribution in [2.45, 2.75) is 6.54 Å². The van der Waals surface area contributed by atoms with Gasteiger partial charge in [-0.05, 0) is 45.8 Å². The van der Waals surface area contributed by atoms with Crippen LogP contribution in [-0.2, 0) is 6.54 Å². The molecule has 2 rings (SSSR count). The van der Waals surface area contributed by atoms with Crippen molar-refractivity contribution in [2.24, 2.45) is 0 Å². The van der Waals surface area contributed by atoms with E-state index < -0.39 is 0 Å². The molecule has 0 aliphatic heterocycles. The Bertz CT molecular complexity index is 661. The average Bonchev–Trinajstić information content (AvgIpc) is 2.45. The molecule has 1 aromatic carbocycles. The van der Waals surface area contributed by atoms with Crippen LogP contribution in [0.5, 0.6) is 0 Å². The van der Waals surface area contributed by atoms with Crippen LogP contribution < -0.4 is 5.32 Å². The molecule has 0 aliphatic carbocycles. The van der Waals surface area contributed by atoms with Crippen LogP contribution in [0.4, 0.5) is 5.69 Å². The van der Waals surface area contributed by atoms with E-state index >= 15 is 0 Å². The average molecular weight is 369 g/mol. The lowest BCUT2D eigenvalue weighted by Crippen LogP contribution is -2.21. The summed E-state index contributed by atoms with van der Waals surface area (Å²) in [6.45, 7) is 0.575. The molecule has 1 amide bonds. The number of amides is 1. The van der Waals surface area contributed by atoms with Crippen LogP contribution in [0.1, 0.15) is 15.9 Å². The minimum absolute atomic E-state index is 0.0566. The van der Waals surface area contributed by atoms with E-state index in [1.807, 2.05) is 6.07 Å². The van der Waals surface area contributed by atoms with Crippen molar-refractivity contribution in [3.05, 3.63) is 57.3 Å². The van der Waals surface area contributed by atoms with E-state index in [-0.39, 0.29) is 5.91 Å². The Hall–Kier alpha value is -1.59. The first-order valence-electron chi connectivity index (χ1n) is 6.32. The van der Waals surface area contributed by atoms with Crippen molar-refractivity contribution < 1.29 is 4.79 Å². The number of hydrogen-bond acceptors (Lipinski definition) is 3. The number of rotatable bonds is 4. The van der Waals surface area contributed by atoms with Gasteiger partial charge in [0, 0.05) is 43.1 Å². The smallest absolute Gasteiger partial charge is 0.253 e. The van der Waals surface area contributed by atoms with Gasteiger partial charge in [0.15, 0.2) is 0 Å². The predicted molar refractivity (Wildman–Crippen MR) is 88.7 cm³/mol. The number of carbonyl (C=O) groups is 1. The molecule has 0 saturated carbocycles. The van der Waals surface area contributed by atoms with E-state index in [4.69, 9.17) is 11.6 Å². The lowest BCUT2D eigenvalue weighted by molar-refractivity contribution is 0.0827. The highest BCUT2D eigenvalue weighted by molar-refractivity contribution is 9.10. The number of benzene rings is 1. The third-order valence-electron chi connectivity index (χ3n) is 2.86. The molecule has 0 fully saturated rings. The summed E-state index contributed by atoms with van der Waals surface area (Å²) in [7, 11) is 3.44. The Morgan fingerprint density at radius 3 is 2.76 bits per heavy atom. The monoisotopic (exact) mass is 367 g/mol. The molecule has 1 aromatic heterocycles. The molecule has 0 spiro atoms. The van der Waals surface area contributed by atoms with Gasteiger partial charge in [0.25, 0.3) is 5.91 Å². The first kappa shape index (κ1) is 15.8. The Morgan fingerprint density at radius 1 is 1.33 bits per heavy atom. The van der Waals surface area contributed by atoms with Gasteiger partial charge >= 0.3 is 0 Å². The molecule has 0 radical (unpaired) electrons. The predicted octanol–water partition coefficient (Wildman–Crippen LogP) is 3.81. The van der Waals surface area contributed by atoms with Crippen LogP contribution in [-0.4, -0.2) is 29.9 Å². The van der Waals surface area contributed by atoms with Gasteiger partial charge < -0.3 is 10.2 Å². The molecule has 0 aliphatic rings. The second-order valence-electron chi connectivity index (χ2n) is 4.76. The highest BCUT2D eigenvalue weighted by Crippen LogP contribution is 2.24. The number of pyridine rings is 1. The van der Waals surface area contributed by atoms with Crippen LogP contribution in [0.25, 0.3) is 0 Å². The largest absolute Gasteiger partial charge is 0.380 e. The van der Waals surface area contributed by atoms with Gasteiger partial charge in [0.05, 0.1) is 10.7 Å². The number of anilines is 1. The summed E-state index contributed by atoms with van der Waals surface area (Å²) in [6, 6.07) is 7.18. The molecule has 0 saturated heterocycles. The fraction of sp³-hybridized carbons (Fsp3) is 0.200. The number of nitrogens with zero attached hydrogens (tertiary/aromatic N) is 2. The summed E-state index contributed by atoms with van der Waals surface area (Å²) in [5, 5.41) is 3.80. The quantitative estimate of drug-likeness (QED) is 0.892. The molecular weight excluding hydrogens is 354 g/mol. The van der Waals surface area contributed by atoms with Gasteiger partial charge in [-0.2, -0.15) is 0 Å². The lowest BCUT2D eigenvalue weighted by Gasteiger charge is -2.13. The molecule has 2 aromatic rings. The normalized spacial score (nSPS) is 10.3. The van der Waals surface area contributed by atoms with E-state index in [9.17, 15) is 4.79 Å². The minimum Gasteiger partial charge on any atom is -0.380 e. The van der Waals surface area contributed by atoms with Crippen LogP contribution >= 0.6 is 27.5 Å². The second kappa shape index (κ2) is 6.91. The number of aromatic nitrogens is 1. The van der Waals surface area contributed by atoms with Crippen molar-refractivity contribution in [2.75, 3.05) is 19.4 Å². The number of halogens is 2. The molecule has 1 heterocycles. The van der Waals surface area contributed by atoms with E-state index in [0.717, 1.165) is 15.7 Å². The van der Waals surface area contributed by atoms with Crippen molar-refractivity contribution >= 4 is 39.1 Å². The van der Waals surface area contributed by atoms with Crippen LogP contribution in [0.3, 0.4) is 0 Å². The zero-order chi connectivity index (χ0) is 15.4. The van der Waals surface area contributed by atoms with Gasteiger partial charge in [0.2, 0.25) is 0 Å². The van der Waals surface area contributed by atoms with E-state index in [0.29, 0.717) is 17.1 Å². The summed E-state index contributed by atoms with van der Waals surface area (Å²) in [6.07, 6.45) is 3.51. The third kappa shape index (κ3) is 4.19. The molecule has 6 heteroatoms. The van der Waals surface area contributed by atoms with E-state index in [1.54, 1.807) is 44.7 Å². The van der Waals surface area contributed by atoms with Crippen molar-refractivity contribution in [1.82, 2.24) is 9.88 Å². The molecule has 0 bridgehead atoms. The van der Waals surface area contributed by atoms with E-state index in [1.165, 1.54) is 4.90 Å². The molecule has 4 nitrogen and oxygen atoms in total. The van der Waals surface area contributed by atoms with Gasteiger partial charge in [-0.1, -0.05) is 11.6 Å². The Morgan fingerprint density at radius 2 is 2.10 bits per heavy atom. The standard InChI is InChI=1S/C15H15BrClN3O/c1-20(2)15(21)11-3-4-13(17)14(6-11)19-8-10-5-12(16)9-18-7-10/h3-7,9,19H,8H2,1-2H3. The molecule has 0 unspecified atom stereocenters. The fourth-order valence-electron chi connectivity index (χ4n) is 1.80. The van der Waals surface area contributed by atoms with Gasteiger partial charge in [0.1, 0.15) is 0 Å². The maximum absolute atomic E-state index is 12.0. The summed E-state index contributed by atoms with van der Waals surface area (Å²) in [5.41, 5.74) is 2.34. The van der Waals surface area contributed by atoms with Crippen LogP contribution in [0.2, 0.25) is 5.02 Å². The van der Waals surface area contributed by atoms with Gasteiger partial charge in [-0.25, -0.2) is 0 Å². The highest BCUT2D eigenvalue weighted by atomic mass is 79.9. The van der Waals surface area contributed by atoms with Crippen molar-refractivity contribution in [1.29, 1.82) is 0 Å². The Kier molecular flexibility index (Phi) is 5.20.